The van der Waals surface area contributed by atoms with Gasteiger partial charge in [-0.2, -0.15) is 0 Å². The van der Waals surface area contributed by atoms with Crippen molar-refractivity contribution in [3.8, 4) is 5.75 Å². The van der Waals surface area contributed by atoms with E-state index in [1.807, 2.05) is 30.3 Å². The number of hydrogen-bond acceptors (Lipinski definition) is 4. The van der Waals surface area contributed by atoms with E-state index < -0.39 is 5.97 Å². The van der Waals surface area contributed by atoms with Crippen LogP contribution in [0, 0.1) is 0 Å². The number of nitrogens with zero attached hydrogens (tertiary/aromatic N) is 1. The van der Waals surface area contributed by atoms with Crippen molar-refractivity contribution in [2.75, 3.05) is 7.11 Å². The molecule has 0 amide bonds. The van der Waals surface area contributed by atoms with Gasteiger partial charge in [0.25, 0.3) is 0 Å². The van der Waals surface area contributed by atoms with Crippen LogP contribution in [0.15, 0.2) is 72.8 Å². The molecular formula is C26H21NO4. The van der Waals surface area contributed by atoms with Gasteiger partial charge < -0.3 is 14.0 Å². The lowest BCUT2D eigenvalue weighted by atomic mass is 10.0. The first-order valence-corrected chi connectivity index (χ1v) is 10.3. The van der Waals surface area contributed by atoms with Gasteiger partial charge in [0.1, 0.15) is 5.75 Å². The molecule has 0 aliphatic carbocycles. The number of allylic oxidation sites excluding steroid dienone is 2. The molecule has 3 aromatic carbocycles. The lowest BCUT2D eigenvalue weighted by Crippen LogP contribution is -2.08. The van der Waals surface area contributed by atoms with Crippen molar-refractivity contribution in [3.05, 3.63) is 89.6 Å². The SMILES string of the molecule is COC(=O)c1c2n(c3c1cc(OC(=O)c1ccccc1)c1ccccc13)CC=CCC2. The average molecular weight is 411 g/mol. The van der Waals surface area contributed by atoms with E-state index in [1.54, 1.807) is 30.3 Å². The molecule has 0 fully saturated rings. The third-order valence-electron chi connectivity index (χ3n) is 5.74. The van der Waals surface area contributed by atoms with Crippen molar-refractivity contribution < 1.29 is 19.1 Å². The molecule has 1 aliphatic heterocycles. The minimum absolute atomic E-state index is 0.378. The second-order valence-corrected chi connectivity index (χ2v) is 7.51. The molecule has 0 saturated carbocycles. The van der Waals surface area contributed by atoms with Crippen LogP contribution >= 0.6 is 0 Å². The van der Waals surface area contributed by atoms with Crippen LogP contribution in [0.2, 0.25) is 0 Å². The van der Waals surface area contributed by atoms with E-state index in [-0.39, 0.29) is 5.97 Å². The Morgan fingerprint density at radius 2 is 1.61 bits per heavy atom. The van der Waals surface area contributed by atoms with Gasteiger partial charge in [-0.1, -0.05) is 54.6 Å². The third-order valence-corrected chi connectivity index (χ3v) is 5.74. The van der Waals surface area contributed by atoms with Crippen molar-refractivity contribution >= 4 is 33.6 Å². The summed E-state index contributed by atoms with van der Waals surface area (Å²) in [4.78, 5) is 25.6. The number of rotatable bonds is 3. The van der Waals surface area contributed by atoms with E-state index in [0.717, 1.165) is 40.2 Å². The molecule has 1 aliphatic rings. The van der Waals surface area contributed by atoms with E-state index in [1.165, 1.54) is 7.11 Å². The summed E-state index contributed by atoms with van der Waals surface area (Å²) in [5.74, 6) is -0.386. The molecule has 5 rings (SSSR count). The number of ether oxygens (including phenoxy) is 2. The Labute approximate surface area is 179 Å². The smallest absolute Gasteiger partial charge is 0.343 e. The van der Waals surface area contributed by atoms with Crippen molar-refractivity contribution in [2.24, 2.45) is 0 Å². The van der Waals surface area contributed by atoms with Gasteiger partial charge in [-0.05, 0) is 31.0 Å². The maximum Gasteiger partial charge on any atom is 0.343 e. The highest BCUT2D eigenvalue weighted by molar-refractivity contribution is 6.17. The highest BCUT2D eigenvalue weighted by Crippen LogP contribution is 2.39. The molecule has 2 heterocycles. The number of carbonyl (C=O) groups excluding carboxylic acids is 2. The van der Waals surface area contributed by atoms with E-state index in [4.69, 9.17) is 9.47 Å². The largest absolute Gasteiger partial charge is 0.465 e. The van der Waals surface area contributed by atoms with Crippen molar-refractivity contribution in [3.63, 3.8) is 0 Å². The van der Waals surface area contributed by atoms with Crippen molar-refractivity contribution in [1.29, 1.82) is 0 Å². The van der Waals surface area contributed by atoms with Gasteiger partial charge in [-0.15, -0.1) is 0 Å². The summed E-state index contributed by atoms with van der Waals surface area (Å²) >= 11 is 0. The zero-order chi connectivity index (χ0) is 21.4. The highest BCUT2D eigenvalue weighted by atomic mass is 16.5. The quantitative estimate of drug-likeness (QED) is 0.261. The van der Waals surface area contributed by atoms with Crippen LogP contribution in [-0.4, -0.2) is 23.6 Å². The van der Waals surface area contributed by atoms with Crippen molar-refractivity contribution in [1.82, 2.24) is 4.57 Å². The maximum absolute atomic E-state index is 12.8. The minimum atomic E-state index is -0.437. The van der Waals surface area contributed by atoms with E-state index >= 15 is 0 Å². The molecular weight excluding hydrogens is 390 g/mol. The Morgan fingerprint density at radius 3 is 2.39 bits per heavy atom. The van der Waals surface area contributed by atoms with Crippen LogP contribution in [0.3, 0.4) is 0 Å². The van der Waals surface area contributed by atoms with Crippen LogP contribution in [0.4, 0.5) is 0 Å². The fourth-order valence-electron chi connectivity index (χ4n) is 4.36. The van der Waals surface area contributed by atoms with Gasteiger partial charge in [0.15, 0.2) is 0 Å². The fraction of sp³-hybridized carbons (Fsp3) is 0.154. The topological polar surface area (TPSA) is 57.5 Å². The Balaban J connectivity index is 1.78. The molecule has 0 atom stereocenters. The van der Waals surface area contributed by atoms with Crippen molar-refractivity contribution in [2.45, 2.75) is 19.4 Å². The Bertz CT molecular complexity index is 1350. The average Bonchev–Trinajstić information content (AvgIpc) is 2.94. The van der Waals surface area contributed by atoms with Gasteiger partial charge in [-0.3, -0.25) is 0 Å². The van der Waals surface area contributed by atoms with Gasteiger partial charge >= 0.3 is 11.9 Å². The molecule has 31 heavy (non-hydrogen) atoms. The van der Waals surface area contributed by atoms with Crippen LogP contribution < -0.4 is 4.74 Å². The second-order valence-electron chi connectivity index (χ2n) is 7.51. The monoisotopic (exact) mass is 411 g/mol. The van der Waals surface area contributed by atoms with Gasteiger partial charge in [0, 0.05) is 28.4 Å². The van der Waals surface area contributed by atoms with E-state index in [9.17, 15) is 9.59 Å². The lowest BCUT2D eigenvalue weighted by Gasteiger charge is -2.12. The van der Waals surface area contributed by atoms with Crippen LogP contribution in [0.5, 0.6) is 5.75 Å². The number of aromatic nitrogens is 1. The molecule has 4 aromatic rings. The molecule has 0 saturated heterocycles. The second kappa shape index (κ2) is 7.76. The van der Waals surface area contributed by atoms with Crippen LogP contribution in [0.1, 0.15) is 32.8 Å². The summed E-state index contributed by atoms with van der Waals surface area (Å²) in [6, 6.07) is 18.5. The standard InChI is InChI=1S/C26H21NO4/c1-30-26(29)23-20-16-22(31-25(28)17-10-4-2-5-11-17)18-12-7-8-13-19(18)24(20)27-15-9-3-6-14-21(23)27/h2-5,7-13,16H,6,14-15H2,1H3. The van der Waals surface area contributed by atoms with Gasteiger partial charge in [-0.25, -0.2) is 9.59 Å². The zero-order valence-corrected chi connectivity index (χ0v) is 17.1. The molecule has 0 N–H and O–H groups in total. The molecule has 0 spiro atoms. The Kier molecular flexibility index (Phi) is 4.79. The molecule has 5 nitrogen and oxygen atoms in total. The molecule has 0 unspecified atom stereocenters. The summed E-state index contributed by atoms with van der Waals surface area (Å²) in [6.07, 6.45) is 5.85. The normalized spacial score (nSPS) is 13.1. The number of benzene rings is 3. The molecule has 1 aromatic heterocycles. The van der Waals surface area contributed by atoms with Crippen LogP contribution in [0.25, 0.3) is 21.7 Å². The number of fused-ring (bicyclic) bond motifs is 5. The Hall–Kier alpha value is -3.86. The number of carbonyl (C=O) groups is 2. The van der Waals surface area contributed by atoms with Crippen LogP contribution in [-0.2, 0) is 17.7 Å². The maximum atomic E-state index is 12.8. The Morgan fingerprint density at radius 1 is 0.871 bits per heavy atom. The molecule has 154 valence electrons. The number of methoxy groups -OCH3 is 1. The zero-order valence-electron chi connectivity index (χ0n) is 17.1. The lowest BCUT2D eigenvalue weighted by molar-refractivity contribution is 0.0601. The molecule has 5 heteroatoms. The van der Waals surface area contributed by atoms with E-state index in [2.05, 4.69) is 16.7 Å². The number of hydrogen-bond donors (Lipinski definition) is 0. The first kappa shape index (κ1) is 19.1. The summed E-state index contributed by atoms with van der Waals surface area (Å²) in [6.45, 7) is 0.677. The highest BCUT2D eigenvalue weighted by Gasteiger charge is 2.26. The minimum Gasteiger partial charge on any atom is -0.465 e. The first-order valence-electron chi connectivity index (χ1n) is 10.3. The number of esters is 2. The third kappa shape index (κ3) is 3.19. The fourth-order valence-corrected chi connectivity index (χ4v) is 4.36. The summed E-state index contributed by atoms with van der Waals surface area (Å²) in [5.41, 5.74) is 2.92. The predicted molar refractivity (Wildman–Crippen MR) is 120 cm³/mol. The van der Waals surface area contributed by atoms with Gasteiger partial charge in [0.05, 0.1) is 23.8 Å². The summed E-state index contributed by atoms with van der Waals surface area (Å²) < 4.78 is 13.1. The van der Waals surface area contributed by atoms with Gasteiger partial charge in [0.2, 0.25) is 0 Å². The predicted octanol–water partition coefficient (Wildman–Crippen LogP) is 5.30. The first-order chi connectivity index (χ1) is 15.2. The summed E-state index contributed by atoms with van der Waals surface area (Å²) in [7, 11) is 1.39. The molecule has 0 radical (unpaired) electrons. The van der Waals surface area contributed by atoms with E-state index in [0.29, 0.717) is 23.4 Å². The summed E-state index contributed by atoms with van der Waals surface area (Å²) in [5, 5.41) is 2.50. The molecule has 0 bridgehead atoms.